The zero-order chi connectivity index (χ0) is 19.9. The molecule has 3 unspecified atom stereocenters. The van der Waals surface area contributed by atoms with E-state index in [9.17, 15) is 18.0 Å². The van der Waals surface area contributed by atoms with Crippen molar-refractivity contribution in [1.82, 2.24) is 14.7 Å². The molecule has 0 bridgehead atoms. The molecule has 3 atom stereocenters. The van der Waals surface area contributed by atoms with E-state index in [4.69, 9.17) is 0 Å². The summed E-state index contributed by atoms with van der Waals surface area (Å²) in [5.74, 6) is 0.177. The summed E-state index contributed by atoms with van der Waals surface area (Å²) in [6, 6.07) is 9.60. The van der Waals surface area contributed by atoms with Crippen LogP contribution in [-0.2, 0) is 19.4 Å². The Bertz CT molecular complexity index is 849. The highest BCUT2D eigenvalue weighted by atomic mass is 32.2. The second-order valence-electron chi connectivity index (χ2n) is 8.09. The number of benzene rings is 1. The van der Waals surface area contributed by atoms with E-state index in [1.165, 1.54) is 0 Å². The minimum atomic E-state index is -2.90. The van der Waals surface area contributed by atoms with Gasteiger partial charge in [-0.25, -0.2) is 8.42 Å². The second kappa shape index (κ2) is 7.48. The van der Waals surface area contributed by atoms with Gasteiger partial charge in [0.25, 0.3) is 0 Å². The molecule has 3 aliphatic heterocycles. The van der Waals surface area contributed by atoms with Crippen LogP contribution in [0.2, 0.25) is 0 Å². The maximum atomic E-state index is 13.2. The van der Waals surface area contributed by atoms with E-state index >= 15 is 0 Å². The molecule has 8 heteroatoms. The molecule has 2 amide bonds. The van der Waals surface area contributed by atoms with Gasteiger partial charge in [-0.3, -0.25) is 14.5 Å². The average Bonchev–Trinajstić information content (AvgIpc) is 3.21. The highest BCUT2D eigenvalue weighted by Crippen LogP contribution is 2.38. The minimum absolute atomic E-state index is 0.00185. The normalized spacial score (nSPS) is 30.8. The van der Waals surface area contributed by atoms with Crippen LogP contribution in [0.5, 0.6) is 0 Å². The molecule has 0 saturated carbocycles. The highest BCUT2D eigenvalue weighted by Gasteiger charge is 2.45. The van der Waals surface area contributed by atoms with Crippen molar-refractivity contribution in [3.05, 3.63) is 35.9 Å². The van der Waals surface area contributed by atoms with E-state index in [0.717, 1.165) is 5.56 Å². The fourth-order valence-electron chi connectivity index (χ4n) is 4.80. The number of rotatable bonds is 3. The predicted octanol–water partition coefficient (Wildman–Crippen LogP) is 0.537. The zero-order valence-corrected chi connectivity index (χ0v) is 17.0. The fourth-order valence-corrected chi connectivity index (χ4v) is 6.56. The second-order valence-corrected chi connectivity index (χ2v) is 10.3. The smallest absolute Gasteiger partial charge is 0.228 e. The molecule has 0 N–H and O–H groups in total. The molecule has 7 nitrogen and oxygen atoms in total. The summed E-state index contributed by atoms with van der Waals surface area (Å²) in [6.07, 6.45) is 0.935. The largest absolute Gasteiger partial charge is 0.340 e. The molecule has 0 spiro atoms. The van der Waals surface area contributed by atoms with Gasteiger partial charge < -0.3 is 9.80 Å². The Kier molecular flexibility index (Phi) is 5.18. The predicted molar refractivity (Wildman–Crippen MR) is 105 cm³/mol. The highest BCUT2D eigenvalue weighted by molar-refractivity contribution is 7.91. The van der Waals surface area contributed by atoms with E-state index in [0.29, 0.717) is 32.6 Å². The van der Waals surface area contributed by atoms with Crippen molar-refractivity contribution in [1.29, 1.82) is 0 Å². The van der Waals surface area contributed by atoms with Gasteiger partial charge in [0.1, 0.15) is 0 Å². The first kappa shape index (κ1) is 19.4. The lowest BCUT2D eigenvalue weighted by molar-refractivity contribution is -0.138. The van der Waals surface area contributed by atoms with Gasteiger partial charge in [0.15, 0.2) is 9.84 Å². The van der Waals surface area contributed by atoms with Gasteiger partial charge >= 0.3 is 0 Å². The number of hydrogen-bond donors (Lipinski definition) is 0. The molecule has 0 radical (unpaired) electrons. The average molecular weight is 406 g/mol. The molecule has 0 aromatic heterocycles. The van der Waals surface area contributed by atoms with E-state index in [1.54, 1.807) is 11.9 Å². The maximum absolute atomic E-state index is 13.2. The number of piperazine rings is 1. The minimum Gasteiger partial charge on any atom is -0.340 e. The van der Waals surface area contributed by atoms with Gasteiger partial charge in [-0.1, -0.05) is 30.3 Å². The molecule has 28 heavy (non-hydrogen) atoms. The van der Waals surface area contributed by atoms with Gasteiger partial charge in [-0.15, -0.1) is 0 Å². The monoisotopic (exact) mass is 405 g/mol. The van der Waals surface area contributed by atoms with Crippen molar-refractivity contribution in [3.63, 3.8) is 0 Å². The van der Waals surface area contributed by atoms with Crippen LogP contribution in [0.15, 0.2) is 30.3 Å². The number of nitrogens with zero attached hydrogens (tertiary/aromatic N) is 3. The number of carbonyl (C=O) groups excluding carboxylic acids is 2. The van der Waals surface area contributed by atoms with Gasteiger partial charge in [0.05, 0.1) is 23.5 Å². The molecule has 3 fully saturated rings. The van der Waals surface area contributed by atoms with E-state index in [1.807, 2.05) is 35.2 Å². The summed E-state index contributed by atoms with van der Waals surface area (Å²) in [6.45, 7) is 2.56. The van der Waals surface area contributed by atoms with Crippen LogP contribution < -0.4 is 0 Å². The standard InChI is InChI=1S/C20H27N3O4S/c1-21-18(24)13-17(19(21)15-5-3-2-4-6-15)20(25)23-10-8-22(9-11-23)16-7-12-28(26,27)14-16/h2-6,16-17,19H,7-14H2,1H3. The number of hydrogen-bond acceptors (Lipinski definition) is 5. The first-order chi connectivity index (χ1) is 13.4. The quantitative estimate of drug-likeness (QED) is 0.733. The van der Waals surface area contributed by atoms with Crippen LogP contribution >= 0.6 is 0 Å². The molecule has 3 aliphatic rings. The fraction of sp³-hybridized carbons (Fsp3) is 0.600. The van der Waals surface area contributed by atoms with E-state index < -0.39 is 9.84 Å². The van der Waals surface area contributed by atoms with Crippen molar-refractivity contribution in [2.24, 2.45) is 5.92 Å². The lowest BCUT2D eigenvalue weighted by Gasteiger charge is -2.39. The Morgan fingerprint density at radius 2 is 1.75 bits per heavy atom. The van der Waals surface area contributed by atoms with Crippen molar-refractivity contribution >= 4 is 21.7 Å². The molecule has 3 saturated heterocycles. The summed E-state index contributed by atoms with van der Waals surface area (Å²) in [4.78, 5) is 31.3. The van der Waals surface area contributed by atoms with Crippen LogP contribution in [0.25, 0.3) is 0 Å². The van der Waals surface area contributed by atoms with Crippen LogP contribution in [-0.4, -0.2) is 85.7 Å². The molecule has 4 rings (SSSR count). The SMILES string of the molecule is CN1C(=O)CC(C(=O)N2CCN(C3CCS(=O)(=O)C3)CC2)C1c1ccccc1. The number of carbonyl (C=O) groups is 2. The summed E-state index contributed by atoms with van der Waals surface area (Å²) in [5.41, 5.74) is 0.990. The third-order valence-electron chi connectivity index (χ3n) is 6.40. The maximum Gasteiger partial charge on any atom is 0.228 e. The van der Waals surface area contributed by atoms with Crippen molar-refractivity contribution in [2.75, 3.05) is 44.7 Å². The van der Waals surface area contributed by atoms with Crippen LogP contribution in [0, 0.1) is 5.92 Å². The molecule has 1 aromatic rings. The van der Waals surface area contributed by atoms with Crippen molar-refractivity contribution < 1.29 is 18.0 Å². The lowest BCUT2D eigenvalue weighted by atomic mass is 9.92. The number of amides is 2. The Labute approximate surface area is 166 Å². The topological polar surface area (TPSA) is 78.0 Å². The molecule has 152 valence electrons. The summed E-state index contributed by atoms with van der Waals surface area (Å²) in [7, 11) is -1.13. The number of likely N-dealkylation sites (tertiary alicyclic amines) is 1. The van der Waals surface area contributed by atoms with E-state index in [-0.39, 0.29) is 47.7 Å². The van der Waals surface area contributed by atoms with Gasteiger partial charge in [-0.2, -0.15) is 0 Å². The zero-order valence-electron chi connectivity index (χ0n) is 16.2. The van der Waals surface area contributed by atoms with Gasteiger partial charge in [0, 0.05) is 45.7 Å². The molecule has 0 aliphatic carbocycles. The molecular weight excluding hydrogens is 378 g/mol. The Morgan fingerprint density at radius 3 is 2.36 bits per heavy atom. The molecular formula is C20H27N3O4S. The summed E-state index contributed by atoms with van der Waals surface area (Å²) in [5, 5.41) is 0. The summed E-state index contributed by atoms with van der Waals surface area (Å²) < 4.78 is 23.5. The van der Waals surface area contributed by atoms with Gasteiger partial charge in [-0.05, 0) is 12.0 Å². The molecule has 1 aromatic carbocycles. The van der Waals surface area contributed by atoms with Gasteiger partial charge in [0.2, 0.25) is 11.8 Å². The van der Waals surface area contributed by atoms with Crippen LogP contribution in [0.1, 0.15) is 24.4 Å². The van der Waals surface area contributed by atoms with E-state index in [2.05, 4.69) is 4.90 Å². The van der Waals surface area contributed by atoms with Crippen molar-refractivity contribution in [2.45, 2.75) is 24.9 Å². The summed E-state index contributed by atoms with van der Waals surface area (Å²) >= 11 is 0. The third-order valence-corrected chi connectivity index (χ3v) is 8.15. The van der Waals surface area contributed by atoms with Crippen LogP contribution in [0.4, 0.5) is 0 Å². The molecule has 3 heterocycles. The number of sulfone groups is 1. The lowest BCUT2D eigenvalue weighted by Crippen LogP contribution is -2.53. The Hall–Kier alpha value is -1.93. The van der Waals surface area contributed by atoms with Crippen molar-refractivity contribution in [3.8, 4) is 0 Å². The van der Waals surface area contributed by atoms with Crippen LogP contribution in [0.3, 0.4) is 0 Å². The third kappa shape index (κ3) is 3.67. The Balaban J connectivity index is 1.42. The Morgan fingerprint density at radius 1 is 1.07 bits per heavy atom. The first-order valence-electron chi connectivity index (χ1n) is 9.89. The first-order valence-corrected chi connectivity index (χ1v) is 11.7.